The van der Waals surface area contributed by atoms with Crippen molar-refractivity contribution in [2.75, 3.05) is 0 Å². The number of rotatable bonds is 3. The molecule has 13 heavy (non-hydrogen) atoms. The Hall–Kier alpha value is -0.120. The monoisotopic (exact) mass is 289 g/mol. The Balaban J connectivity index is 2.99. The summed E-state index contributed by atoms with van der Waals surface area (Å²) in [5, 5.41) is 0. The molecule has 0 N–H and O–H groups in total. The Labute approximate surface area is 94.1 Å². The van der Waals surface area contributed by atoms with E-state index in [1.165, 1.54) is 22.0 Å². The molecule has 0 unspecified atom stereocenters. The molecule has 0 saturated carbocycles. The van der Waals surface area contributed by atoms with Gasteiger partial charge in [0.2, 0.25) is 0 Å². The third-order valence-corrected chi connectivity index (χ3v) is 3.24. The minimum atomic E-state index is 0.286. The molecular formula is C11H16IN. The first-order valence-corrected chi connectivity index (χ1v) is 5.76. The van der Waals surface area contributed by atoms with Crippen LogP contribution in [-0.2, 0) is 5.41 Å². The van der Waals surface area contributed by atoms with Gasteiger partial charge in [-0.3, -0.25) is 4.98 Å². The van der Waals surface area contributed by atoms with Crippen molar-refractivity contribution in [2.24, 2.45) is 0 Å². The van der Waals surface area contributed by atoms with Crippen molar-refractivity contribution >= 4 is 22.6 Å². The Morgan fingerprint density at radius 1 is 1.46 bits per heavy atom. The average molecular weight is 289 g/mol. The lowest BCUT2D eigenvalue weighted by Gasteiger charge is -2.25. The van der Waals surface area contributed by atoms with Crippen LogP contribution < -0.4 is 0 Å². The summed E-state index contributed by atoms with van der Waals surface area (Å²) in [6.45, 7) is 6.83. The van der Waals surface area contributed by atoms with Gasteiger partial charge in [-0.2, -0.15) is 0 Å². The second kappa shape index (κ2) is 4.40. The number of pyridine rings is 1. The second-order valence-corrected chi connectivity index (χ2v) is 5.15. The Morgan fingerprint density at radius 3 is 2.69 bits per heavy atom. The molecule has 0 aromatic carbocycles. The fourth-order valence-electron chi connectivity index (χ4n) is 1.68. The van der Waals surface area contributed by atoms with E-state index in [2.05, 4.69) is 54.4 Å². The largest absolute Gasteiger partial charge is 0.264 e. The maximum atomic E-state index is 4.11. The van der Waals surface area contributed by atoms with E-state index in [-0.39, 0.29) is 5.41 Å². The van der Waals surface area contributed by atoms with Crippen LogP contribution >= 0.6 is 22.6 Å². The van der Waals surface area contributed by atoms with Crippen LogP contribution in [0.1, 0.15) is 39.2 Å². The zero-order valence-electron chi connectivity index (χ0n) is 8.47. The van der Waals surface area contributed by atoms with Crippen LogP contribution in [0.3, 0.4) is 0 Å². The molecule has 72 valence electrons. The van der Waals surface area contributed by atoms with E-state index in [0.717, 1.165) is 0 Å². The van der Waals surface area contributed by atoms with Crippen LogP contribution in [0.2, 0.25) is 0 Å². The molecule has 2 heteroatoms. The van der Waals surface area contributed by atoms with E-state index in [9.17, 15) is 0 Å². The van der Waals surface area contributed by atoms with Gasteiger partial charge < -0.3 is 0 Å². The van der Waals surface area contributed by atoms with Crippen molar-refractivity contribution < 1.29 is 0 Å². The van der Waals surface area contributed by atoms with Gasteiger partial charge >= 0.3 is 0 Å². The number of nitrogens with zero attached hydrogens (tertiary/aromatic N) is 1. The molecule has 0 aliphatic rings. The van der Waals surface area contributed by atoms with Crippen molar-refractivity contribution in [2.45, 2.75) is 39.0 Å². The second-order valence-electron chi connectivity index (χ2n) is 3.99. The van der Waals surface area contributed by atoms with Gasteiger partial charge in [0.25, 0.3) is 0 Å². The lowest BCUT2D eigenvalue weighted by molar-refractivity contribution is 0.470. The molecule has 1 heterocycles. The van der Waals surface area contributed by atoms with Gasteiger partial charge in [-0.25, -0.2) is 0 Å². The first kappa shape index (κ1) is 11.0. The molecule has 0 fully saturated rings. The minimum absolute atomic E-state index is 0.286. The fourth-order valence-corrected chi connectivity index (χ4v) is 2.75. The highest BCUT2D eigenvalue weighted by Crippen LogP contribution is 2.30. The lowest BCUT2D eigenvalue weighted by Crippen LogP contribution is -2.18. The van der Waals surface area contributed by atoms with Gasteiger partial charge in [0.15, 0.2) is 0 Å². The van der Waals surface area contributed by atoms with E-state index in [4.69, 9.17) is 0 Å². The Kier molecular flexibility index (Phi) is 3.71. The van der Waals surface area contributed by atoms with Gasteiger partial charge in [-0.05, 0) is 46.1 Å². The molecule has 0 spiro atoms. The first-order chi connectivity index (χ1) is 6.08. The van der Waals surface area contributed by atoms with Crippen LogP contribution in [0.25, 0.3) is 0 Å². The average Bonchev–Trinajstić information content (AvgIpc) is 2.04. The molecule has 1 aromatic heterocycles. The summed E-state index contributed by atoms with van der Waals surface area (Å²) < 4.78 is 1.28. The number of halogens is 1. The highest BCUT2D eigenvalue weighted by Gasteiger charge is 2.21. The number of hydrogen-bond donors (Lipinski definition) is 0. The lowest BCUT2D eigenvalue weighted by atomic mass is 9.81. The first-order valence-electron chi connectivity index (χ1n) is 4.68. The summed E-state index contributed by atoms with van der Waals surface area (Å²) in [7, 11) is 0. The quantitative estimate of drug-likeness (QED) is 0.772. The highest BCUT2D eigenvalue weighted by molar-refractivity contribution is 14.1. The van der Waals surface area contributed by atoms with Crippen molar-refractivity contribution in [1.82, 2.24) is 4.98 Å². The topological polar surface area (TPSA) is 12.9 Å². The SMILES string of the molecule is CCCC(C)(C)c1ccncc1I. The number of hydrogen-bond acceptors (Lipinski definition) is 1. The molecule has 0 bridgehead atoms. The summed E-state index contributed by atoms with van der Waals surface area (Å²) in [5.41, 5.74) is 1.71. The van der Waals surface area contributed by atoms with E-state index in [0.29, 0.717) is 0 Å². The Morgan fingerprint density at radius 2 is 2.15 bits per heavy atom. The molecule has 0 aliphatic carbocycles. The van der Waals surface area contributed by atoms with Gasteiger partial charge in [0.05, 0.1) is 0 Å². The maximum absolute atomic E-state index is 4.11. The van der Waals surface area contributed by atoms with Crippen LogP contribution in [0.4, 0.5) is 0 Å². The van der Waals surface area contributed by atoms with Gasteiger partial charge in [-0.1, -0.05) is 27.2 Å². The molecule has 1 aromatic rings. The third kappa shape index (κ3) is 2.66. The molecule has 0 amide bonds. The van der Waals surface area contributed by atoms with E-state index < -0.39 is 0 Å². The number of aromatic nitrogens is 1. The summed E-state index contributed by atoms with van der Waals surface area (Å²) in [6.07, 6.45) is 6.28. The summed E-state index contributed by atoms with van der Waals surface area (Å²) >= 11 is 2.36. The standard InChI is InChI=1S/C11H16IN/c1-4-6-11(2,3)9-5-7-13-8-10(9)12/h5,7-8H,4,6H2,1-3H3. The normalized spacial score (nSPS) is 11.7. The summed E-state index contributed by atoms with van der Waals surface area (Å²) in [4.78, 5) is 4.11. The predicted molar refractivity (Wildman–Crippen MR) is 64.9 cm³/mol. The van der Waals surface area contributed by atoms with Crippen LogP contribution in [0, 0.1) is 3.57 Å². The van der Waals surface area contributed by atoms with Crippen LogP contribution in [0.5, 0.6) is 0 Å². The molecule has 0 aliphatic heterocycles. The molecule has 0 radical (unpaired) electrons. The van der Waals surface area contributed by atoms with Gasteiger partial charge in [-0.15, -0.1) is 0 Å². The fraction of sp³-hybridized carbons (Fsp3) is 0.545. The van der Waals surface area contributed by atoms with Gasteiger partial charge in [0.1, 0.15) is 0 Å². The van der Waals surface area contributed by atoms with Crippen LogP contribution in [0.15, 0.2) is 18.5 Å². The van der Waals surface area contributed by atoms with Crippen molar-refractivity contribution in [3.05, 3.63) is 27.6 Å². The zero-order valence-corrected chi connectivity index (χ0v) is 10.6. The maximum Gasteiger partial charge on any atom is 0.0404 e. The molecular weight excluding hydrogens is 273 g/mol. The Bertz CT molecular complexity index is 281. The van der Waals surface area contributed by atoms with Crippen molar-refractivity contribution in [3.8, 4) is 0 Å². The molecule has 0 saturated heterocycles. The predicted octanol–water partition coefficient (Wildman–Crippen LogP) is 3.76. The van der Waals surface area contributed by atoms with Crippen molar-refractivity contribution in [1.29, 1.82) is 0 Å². The van der Waals surface area contributed by atoms with E-state index >= 15 is 0 Å². The minimum Gasteiger partial charge on any atom is -0.264 e. The van der Waals surface area contributed by atoms with Crippen LogP contribution in [-0.4, -0.2) is 4.98 Å². The van der Waals surface area contributed by atoms with Gasteiger partial charge in [0, 0.05) is 16.0 Å². The third-order valence-electron chi connectivity index (χ3n) is 2.38. The molecule has 1 rings (SSSR count). The zero-order chi connectivity index (χ0) is 9.90. The van der Waals surface area contributed by atoms with Crippen molar-refractivity contribution in [3.63, 3.8) is 0 Å². The molecule has 1 nitrogen and oxygen atoms in total. The summed E-state index contributed by atoms with van der Waals surface area (Å²) in [6, 6.07) is 2.14. The smallest absolute Gasteiger partial charge is 0.0404 e. The molecule has 0 atom stereocenters. The highest BCUT2D eigenvalue weighted by atomic mass is 127. The van der Waals surface area contributed by atoms with E-state index in [1.54, 1.807) is 0 Å². The van der Waals surface area contributed by atoms with E-state index in [1.807, 2.05) is 12.4 Å². The summed E-state index contributed by atoms with van der Waals surface area (Å²) in [5.74, 6) is 0.